The normalized spacial score (nSPS) is 20.2. The predicted octanol–water partition coefficient (Wildman–Crippen LogP) is 3.59. The molecule has 2 aliphatic rings. The molecular formula is C23H30FN3O2. The fraction of sp³-hybridized carbons (Fsp3) is 0.478. The minimum absolute atomic E-state index is 0.0727. The molecule has 2 atom stereocenters. The number of fused-ring (bicyclic) bond motifs is 1. The first-order valence-electron chi connectivity index (χ1n) is 10.4. The van der Waals surface area contributed by atoms with Crippen molar-refractivity contribution in [3.8, 4) is 11.5 Å². The Bertz CT molecular complexity index is 850. The van der Waals surface area contributed by atoms with E-state index in [1.807, 2.05) is 31.2 Å². The molecule has 0 spiro atoms. The van der Waals surface area contributed by atoms with Crippen molar-refractivity contribution in [3.63, 3.8) is 0 Å². The molecule has 5 nitrogen and oxygen atoms in total. The van der Waals surface area contributed by atoms with E-state index < -0.39 is 5.66 Å². The first-order valence-corrected chi connectivity index (χ1v) is 10.4. The number of benzene rings is 2. The van der Waals surface area contributed by atoms with Gasteiger partial charge in [0.25, 0.3) is 0 Å². The summed E-state index contributed by atoms with van der Waals surface area (Å²) in [5.74, 6) is 1.39. The van der Waals surface area contributed by atoms with Gasteiger partial charge in [-0.25, -0.2) is 4.39 Å². The van der Waals surface area contributed by atoms with Crippen LogP contribution < -0.4 is 20.1 Å². The summed E-state index contributed by atoms with van der Waals surface area (Å²) in [7, 11) is 0. The Balaban J connectivity index is 1.50. The van der Waals surface area contributed by atoms with Gasteiger partial charge in [-0.05, 0) is 37.1 Å². The second-order valence-corrected chi connectivity index (χ2v) is 7.98. The molecule has 2 unspecified atom stereocenters. The zero-order valence-corrected chi connectivity index (χ0v) is 17.2. The lowest BCUT2D eigenvalue weighted by Gasteiger charge is -2.48. The van der Waals surface area contributed by atoms with E-state index in [-0.39, 0.29) is 11.7 Å². The highest BCUT2D eigenvalue weighted by Crippen LogP contribution is 2.40. The maximum Gasteiger partial charge on any atom is 0.184 e. The molecule has 2 aromatic rings. The number of rotatable bonds is 5. The van der Waals surface area contributed by atoms with Crippen molar-refractivity contribution in [2.24, 2.45) is 5.73 Å². The molecule has 2 aromatic carbocycles. The third kappa shape index (κ3) is 3.79. The van der Waals surface area contributed by atoms with E-state index in [1.165, 1.54) is 6.07 Å². The largest absolute Gasteiger partial charge is 0.486 e. The summed E-state index contributed by atoms with van der Waals surface area (Å²) in [6.45, 7) is 8.55. The van der Waals surface area contributed by atoms with Crippen molar-refractivity contribution < 1.29 is 13.9 Å². The molecule has 1 saturated heterocycles. The molecule has 2 heterocycles. The average Bonchev–Trinajstić information content (AvgIpc) is 2.75. The monoisotopic (exact) mass is 399 g/mol. The van der Waals surface area contributed by atoms with Crippen molar-refractivity contribution in [1.82, 2.24) is 4.90 Å². The maximum absolute atomic E-state index is 14.5. The molecule has 1 fully saturated rings. The molecule has 0 radical (unpaired) electrons. The van der Waals surface area contributed by atoms with Gasteiger partial charge in [-0.2, -0.15) is 0 Å². The quantitative estimate of drug-likeness (QED) is 0.833. The second kappa shape index (κ2) is 8.20. The molecule has 0 aromatic heterocycles. The van der Waals surface area contributed by atoms with E-state index in [1.54, 1.807) is 6.07 Å². The van der Waals surface area contributed by atoms with E-state index in [0.29, 0.717) is 18.8 Å². The molecule has 2 N–H and O–H groups in total. The summed E-state index contributed by atoms with van der Waals surface area (Å²) in [5.41, 5.74) is 7.98. The first kappa shape index (κ1) is 20.0. The van der Waals surface area contributed by atoms with Crippen LogP contribution in [0.4, 0.5) is 10.1 Å². The Labute approximate surface area is 172 Å². The van der Waals surface area contributed by atoms with Crippen molar-refractivity contribution in [3.05, 3.63) is 53.8 Å². The Morgan fingerprint density at radius 2 is 1.76 bits per heavy atom. The van der Waals surface area contributed by atoms with Crippen LogP contribution in [-0.2, 0) is 0 Å². The van der Waals surface area contributed by atoms with Crippen LogP contribution in [0.5, 0.6) is 11.5 Å². The van der Waals surface area contributed by atoms with Crippen LogP contribution in [0, 0.1) is 5.82 Å². The van der Waals surface area contributed by atoms with Gasteiger partial charge in [0.05, 0.1) is 11.4 Å². The number of nitrogens with two attached hydrogens (primary N) is 1. The van der Waals surface area contributed by atoms with Crippen molar-refractivity contribution in [2.45, 2.75) is 31.8 Å². The van der Waals surface area contributed by atoms with Gasteiger partial charge in [0, 0.05) is 32.1 Å². The molecule has 0 aliphatic carbocycles. The zero-order valence-electron chi connectivity index (χ0n) is 17.2. The first-order chi connectivity index (χ1) is 14.0. The summed E-state index contributed by atoms with van der Waals surface area (Å²) in [6.07, 6.45) is 0.783. The highest BCUT2D eigenvalue weighted by molar-refractivity contribution is 5.65. The van der Waals surface area contributed by atoms with Crippen LogP contribution >= 0.6 is 0 Å². The number of hydrogen-bond donors (Lipinski definition) is 1. The highest BCUT2D eigenvalue weighted by Gasteiger charge is 2.39. The topological polar surface area (TPSA) is 51.0 Å². The van der Waals surface area contributed by atoms with E-state index in [0.717, 1.165) is 49.8 Å². The van der Waals surface area contributed by atoms with E-state index in [4.69, 9.17) is 15.2 Å². The molecule has 0 saturated carbocycles. The molecule has 156 valence electrons. The fourth-order valence-corrected chi connectivity index (χ4v) is 4.66. The minimum atomic E-state index is -0.626. The van der Waals surface area contributed by atoms with Gasteiger partial charge in [0.2, 0.25) is 0 Å². The number of nitrogens with zero attached hydrogens (tertiary/aromatic N) is 2. The number of anilines is 1. The van der Waals surface area contributed by atoms with E-state index in [2.05, 4.69) is 22.8 Å². The van der Waals surface area contributed by atoms with Crippen LogP contribution in [0.3, 0.4) is 0 Å². The third-order valence-electron chi connectivity index (χ3n) is 6.24. The van der Waals surface area contributed by atoms with Gasteiger partial charge in [0.15, 0.2) is 11.5 Å². The molecule has 2 aliphatic heterocycles. The number of piperazine rings is 1. The molecule has 29 heavy (non-hydrogen) atoms. The Morgan fingerprint density at radius 1 is 1.03 bits per heavy atom. The maximum atomic E-state index is 14.5. The van der Waals surface area contributed by atoms with Crippen molar-refractivity contribution >= 4 is 5.69 Å². The number of para-hydroxylation sites is 1. The fourth-order valence-electron chi connectivity index (χ4n) is 4.66. The zero-order chi connectivity index (χ0) is 20.4. The molecule has 6 heteroatoms. The van der Waals surface area contributed by atoms with Gasteiger partial charge in [-0.3, -0.25) is 4.90 Å². The van der Waals surface area contributed by atoms with Crippen molar-refractivity contribution in [2.75, 3.05) is 44.3 Å². The average molecular weight is 400 g/mol. The summed E-state index contributed by atoms with van der Waals surface area (Å²) >= 11 is 0. The SMILES string of the molecule is CCC(c1ccccc1F)C(C)(N)N1CCN(c2cccc3c2OCCO3)CC1. The molecule has 0 amide bonds. The molecule has 0 bridgehead atoms. The second-order valence-electron chi connectivity index (χ2n) is 7.98. The third-order valence-corrected chi connectivity index (χ3v) is 6.24. The van der Waals surface area contributed by atoms with Crippen LogP contribution in [0.25, 0.3) is 0 Å². The van der Waals surface area contributed by atoms with Crippen LogP contribution in [-0.4, -0.2) is 50.0 Å². The van der Waals surface area contributed by atoms with Crippen LogP contribution in [0.1, 0.15) is 31.7 Å². The number of hydrogen-bond acceptors (Lipinski definition) is 5. The minimum Gasteiger partial charge on any atom is -0.486 e. The van der Waals surface area contributed by atoms with Gasteiger partial charge in [-0.1, -0.05) is 31.2 Å². The lowest BCUT2D eigenvalue weighted by molar-refractivity contribution is 0.0717. The standard InChI is InChI=1S/C23H30FN3O2/c1-3-18(17-7-4-5-8-19(17)24)23(2,25)27-13-11-26(12-14-27)20-9-6-10-21-22(20)29-16-15-28-21/h4-10,18H,3,11-16,25H2,1-2H3. The Kier molecular flexibility index (Phi) is 5.65. The lowest BCUT2D eigenvalue weighted by atomic mass is 9.83. The van der Waals surface area contributed by atoms with Gasteiger partial charge < -0.3 is 20.1 Å². The van der Waals surface area contributed by atoms with Gasteiger partial charge >= 0.3 is 0 Å². The Morgan fingerprint density at radius 3 is 2.48 bits per heavy atom. The number of ether oxygens (including phenoxy) is 2. The summed E-state index contributed by atoms with van der Waals surface area (Å²) in [6, 6.07) is 13.0. The van der Waals surface area contributed by atoms with E-state index >= 15 is 0 Å². The van der Waals surface area contributed by atoms with Gasteiger partial charge in [-0.15, -0.1) is 0 Å². The van der Waals surface area contributed by atoms with Crippen LogP contribution in [0.2, 0.25) is 0 Å². The van der Waals surface area contributed by atoms with E-state index in [9.17, 15) is 4.39 Å². The smallest absolute Gasteiger partial charge is 0.184 e. The number of halogens is 1. The Hall–Kier alpha value is -2.31. The predicted molar refractivity (Wildman–Crippen MR) is 113 cm³/mol. The van der Waals surface area contributed by atoms with Crippen LogP contribution in [0.15, 0.2) is 42.5 Å². The summed E-state index contributed by atoms with van der Waals surface area (Å²) < 4.78 is 26.1. The molecule has 4 rings (SSSR count). The highest BCUT2D eigenvalue weighted by atomic mass is 19.1. The summed E-state index contributed by atoms with van der Waals surface area (Å²) in [5, 5.41) is 0. The van der Waals surface area contributed by atoms with Crippen molar-refractivity contribution in [1.29, 1.82) is 0 Å². The summed E-state index contributed by atoms with van der Waals surface area (Å²) in [4.78, 5) is 4.61. The molecular weight excluding hydrogens is 369 g/mol. The van der Waals surface area contributed by atoms with Gasteiger partial charge in [0.1, 0.15) is 19.0 Å². The lowest BCUT2D eigenvalue weighted by Crippen LogP contribution is -2.63.